The Bertz CT molecular complexity index is 661. The van der Waals surface area contributed by atoms with Crippen molar-refractivity contribution in [2.24, 2.45) is 0 Å². The van der Waals surface area contributed by atoms with E-state index in [0.29, 0.717) is 11.5 Å². The van der Waals surface area contributed by atoms with Crippen molar-refractivity contribution >= 4 is 5.57 Å². The fourth-order valence-electron chi connectivity index (χ4n) is 1.84. The number of hydrogen-bond donors (Lipinski definition) is 0. The van der Waals surface area contributed by atoms with Gasteiger partial charge in [-0.15, -0.1) is 0 Å². The Labute approximate surface area is 117 Å². The van der Waals surface area contributed by atoms with Crippen LogP contribution in [0.3, 0.4) is 0 Å². The smallest absolute Gasteiger partial charge is 0.161 e. The molecule has 1 aromatic carbocycles. The van der Waals surface area contributed by atoms with Gasteiger partial charge in [-0.3, -0.25) is 0 Å². The average Bonchev–Trinajstić information content (AvgIpc) is 2.52. The molecular weight excluding hydrogens is 254 g/mol. The molecule has 0 fully saturated rings. The van der Waals surface area contributed by atoms with Gasteiger partial charge in [-0.2, -0.15) is 5.26 Å². The molecule has 1 heterocycles. The van der Waals surface area contributed by atoms with E-state index in [1.807, 2.05) is 18.2 Å². The zero-order valence-corrected chi connectivity index (χ0v) is 11.2. The van der Waals surface area contributed by atoms with Crippen molar-refractivity contribution in [1.82, 2.24) is 9.97 Å². The summed E-state index contributed by atoms with van der Waals surface area (Å²) in [5, 5.41) is 8.96. The highest BCUT2D eigenvalue weighted by Crippen LogP contribution is 2.32. The van der Waals surface area contributed by atoms with Crippen LogP contribution in [0.25, 0.3) is 5.57 Å². The summed E-state index contributed by atoms with van der Waals surface area (Å²) >= 11 is 0. The molecule has 0 saturated heterocycles. The van der Waals surface area contributed by atoms with Crippen LogP contribution >= 0.6 is 0 Å². The lowest BCUT2D eigenvalue weighted by Gasteiger charge is -2.11. The summed E-state index contributed by atoms with van der Waals surface area (Å²) in [6.45, 7) is 0. The SMILES string of the molecule is COc1ccc(/C(=C/C#N)c2cncnc2)cc1OC. The Morgan fingerprint density at radius 2 is 1.80 bits per heavy atom. The third-order valence-corrected chi connectivity index (χ3v) is 2.78. The summed E-state index contributed by atoms with van der Waals surface area (Å²) in [4.78, 5) is 7.94. The van der Waals surface area contributed by atoms with Crippen LogP contribution in [0.15, 0.2) is 43.0 Å². The molecule has 0 N–H and O–H groups in total. The minimum atomic E-state index is 0.602. The van der Waals surface area contributed by atoms with Gasteiger partial charge in [0.25, 0.3) is 0 Å². The predicted octanol–water partition coefficient (Wildman–Crippen LogP) is 2.45. The van der Waals surface area contributed by atoms with Crippen molar-refractivity contribution in [3.8, 4) is 17.6 Å². The number of allylic oxidation sites excluding steroid dienone is 1. The lowest BCUT2D eigenvalue weighted by Crippen LogP contribution is -1.94. The number of ether oxygens (including phenoxy) is 2. The molecule has 5 heteroatoms. The normalized spacial score (nSPS) is 10.8. The van der Waals surface area contributed by atoms with Crippen LogP contribution in [0, 0.1) is 11.3 Å². The van der Waals surface area contributed by atoms with Gasteiger partial charge < -0.3 is 9.47 Å². The van der Waals surface area contributed by atoms with E-state index in [1.54, 1.807) is 32.7 Å². The van der Waals surface area contributed by atoms with Crippen LogP contribution in [0.2, 0.25) is 0 Å². The number of hydrogen-bond acceptors (Lipinski definition) is 5. The van der Waals surface area contributed by atoms with Gasteiger partial charge >= 0.3 is 0 Å². The highest BCUT2D eigenvalue weighted by Gasteiger charge is 2.10. The summed E-state index contributed by atoms with van der Waals surface area (Å²) in [5.74, 6) is 1.24. The average molecular weight is 267 g/mol. The minimum absolute atomic E-state index is 0.602. The molecule has 0 spiro atoms. The number of rotatable bonds is 4. The molecule has 0 amide bonds. The Balaban J connectivity index is 2.52. The summed E-state index contributed by atoms with van der Waals surface area (Å²) < 4.78 is 10.5. The standard InChI is InChI=1S/C15H13N3O2/c1-19-14-4-3-11(7-15(14)20-2)13(5-6-16)12-8-17-10-18-9-12/h3-5,7-10H,1-2H3/b13-5-. The fourth-order valence-corrected chi connectivity index (χ4v) is 1.84. The van der Waals surface area contributed by atoms with Crippen molar-refractivity contribution < 1.29 is 9.47 Å². The first-order valence-electron chi connectivity index (χ1n) is 5.87. The Kier molecular flexibility index (Phi) is 4.30. The largest absolute Gasteiger partial charge is 0.493 e. The first-order chi connectivity index (χ1) is 9.80. The maximum atomic E-state index is 8.96. The molecular formula is C15H13N3O2. The van der Waals surface area contributed by atoms with Crippen LogP contribution in [-0.2, 0) is 0 Å². The molecule has 0 atom stereocenters. The van der Waals surface area contributed by atoms with E-state index in [1.165, 1.54) is 12.4 Å². The molecule has 0 radical (unpaired) electrons. The molecule has 0 saturated carbocycles. The molecule has 0 aliphatic heterocycles. The van der Waals surface area contributed by atoms with Gasteiger partial charge in [0, 0.05) is 29.6 Å². The Morgan fingerprint density at radius 3 is 2.40 bits per heavy atom. The lowest BCUT2D eigenvalue weighted by atomic mass is 9.99. The van der Waals surface area contributed by atoms with Crippen molar-refractivity contribution in [1.29, 1.82) is 5.26 Å². The maximum Gasteiger partial charge on any atom is 0.161 e. The van der Waals surface area contributed by atoms with E-state index in [-0.39, 0.29) is 0 Å². The van der Waals surface area contributed by atoms with E-state index in [9.17, 15) is 0 Å². The second-order valence-electron chi connectivity index (χ2n) is 3.88. The van der Waals surface area contributed by atoms with E-state index in [4.69, 9.17) is 14.7 Å². The lowest BCUT2D eigenvalue weighted by molar-refractivity contribution is 0.355. The molecule has 2 aromatic rings. The van der Waals surface area contributed by atoms with Crippen molar-refractivity contribution in [3.05, 3.63) is 54.1 Å². The molecule has 0 bridgehead atoms. The monoisotopic (exact) mass is 267 g/mol. The van der Waals surface area contributed by atoms with E-state index in [0.717, 1.165) is 16.7 Å². The second-order valence-corrected chi connectivity index (χ2v) is 3.88. The Morgan fingerprint density at radius 1 is 1.10 bits per heavy atom. The van der Waals surface area contributed by atoms with Crippen LogP contribution in [0.1, 0.15) is 11.1 Å². The molecule has 100 valence electrons. The topological polar surface area (TPSA) is 68.0 Å². The predicted molar refractivity (Wildman–Crippen MR) is 74.3 cm³/mol. The van der Waals surface area contributed by atoms with E-state index in [2.05, 4.69) is 9.97 Å². The van der Waals surface area contributed by atoms with E-state index >= 15 is 0 Å². The van der Waals surface area contributed by atoms with Crippen LogP contribution in [0.4, 0.5) is 0 Å². The van der Waals surface area contributed by atoms with Gasteiger partial charge in [0.1, 0.15) is 6.33 Å². The van der Waals surface area contributed by atoms with Gasteiger partial charge in [-0.05, 0) is 17.7 Å². The van der Waals surface area contributed by atoms with Crippen LogP contribution < -0.4 is 9.47 Å². The molecule has 5 nitrogen and oxygen atoms in total. The number of methoxy groups -OCH3 is 2. The second kappa shape index (κ2) is 6.34. The number of nitrogens with zero attached hydrogens (tertiary/aromatic N) is 3. The maximum absolute atomic E-state index is 8.96. The third kappa shape index (κ3) is 2.75. The zero-order chi connectivity index (χ0) is 14.4. The quantitative estimate of drug-likeness (QED) is 0.796. The first kappa shape index (κ1) is 13.6. The van der Waals surface area contributed by atoms with Gasteiger partial charge in [0.05, 0.1) is 20.3 Å². The van der Waals surface area contributed by atoms with E-state index < -0.39 is 0 Å². The number of aromatic nitrogens is 2. The summed E-state index contributed by atoms with van der Waals surface area (Å²) in [6.07, 6.45) is 6.22. The van der Waals surface area contributed by atoms with Gasteiger partial charge in [0.15, 0.2) is 11.5 Å². The first-order valence-corrected chi connectivity index (χ1v) is 5.87. The highest BCUT2D eigenvalue weighted by molar-refractivity contribution is 5.81. The third-order valence-electron chi connectivity index (χ3n) is 2.78. The summed E-state index contributed by atoms with van der Waals surface area (Å²) in [7, 11) is 3.15. The molecule has 0 unspecified atom stereocenters. The molecule has 2 rings (SSSR count). The van der Waals surface area contributed by atoms with Crippen molar-refractivity contribution in [2.45, 2.75) is 0 Å². The van der Waals surface area contributed by atoms with Crippen molar-refractivity contribution in [3.63, 3.8) is 0 Å². The van der Waals surface area contributed by atoms with Gasteiger partial charge in [-0.25, -0.2) is 9.97 Å². The van der Waals surface area contributed by atoms with Gasteiger partial charge in [-0.1, -0.05) is 6.07 Å². The fraction of sp³-hybridized carbons (Fsp3) is 0.133. The molecule has 20 heavy (non-hydrogen) atoms. The van der Waals surface area contributed by atoms with Gasteiger partial charge in [0.2, 0.25) is 0 Å². The minimum Gasteiger partial charge on any atom is -0.493 e. The molecule has 1 aromatic heterocycles. The van der Waals surface area contributed by atoms with Crippen molar-refractivity contribution in [2.75, 3.05) is 14.2 Å². The summed E-state index contributed by atoms with van der Waals surface area (Å²) in [6, 6.07) is 7.51. The number of nitriles is 1. The zero-order valence-electron chi connectivity index (χ0n) is 11.2. The highest BCUT2D eigenvalue weighted by atomic mass is 16.5. The Hall–Kier alpha value is -2.87. The molecule has 0 aliphatic carbocycles. The summed E-state index contributed by atoms with van der Waals surface area (Å²) in [5.41, 5.74) is 2.33. The van der Waals surface area contributed by atoms with Crippen LogP contribution in [0.5, 0.6) is 11.5 Å². The molecule has 0 aliphatic rings. The van der Waals surface area contributed by atoms with Crippen LogP contribution in [-0.4, -0.2) is 24.2 Å². The number of benzene rings is 1.